The van der Waals surface area contributed by atoms with Crippen LogP contribution in [0.5, 0.6) is 0 Å². The second-order valence-electron chi connectivity index (χ2n) is 5.05. The Balaban J connectivity index is 2.09. The Morgan fingerprint density at radius 2 is 1.70 bits per heavy atom. The molecule has 23 heavy (non-hydrogen) atoms. The second kappa shape index (κ2) is 5.64. The normalized spacial score (nSPS) is 10.7. The summed E-state index contributed by atoms with van der Waals surface area (Å²) in [7, 11) is 1.68. The van der Waals surface area contributed by atoms with E-state index in [0.29, 0.717) is 10.9 Å². The first-order chi connectivity index (χ1) is 11.0. The summed E-state index contributed by atoms with van der Waals surface area (Å²) >= 11 is 0. The highest BCUT2D eigenvalue weighted by atomic mass is 19.1. The lowest BCUT2D eigenvalue weighted by atomic mass is 10.1. The summed E-state index contributed by atoms with van der Waals surface area (Å²) in [6, 6.07) is 10.0. The van der Waals surface area contributed by atoms with Crippen molar-refractivity contribution >= 4 is 22.5 Å². The van der Waals surface area contributed by atoms with Gasteiger partial charge in [0.2, 0.25) is 5.43 Å². The topological polar surface area (TPSA) is 51.1 Å². The van der Waals surface area contributed by atoms with Gasteiger partial charge in [-0.2, -0.15) is 0 Å². The summed E-state index contributed by atoms with van der Waals surface area (Å²) in [5.41, 5.74) is -0.597. The Morgan fingerprint density at radius 3 is 2.39 bits per heavy atom. The highest BCUT2D eigenvalue weighted by Gasteiger charge is 2.17. The predicted molar refractivity (Wildman–Crippen MR) is 83.5 cm³/mol. The molecule has 2 aromatic carbocycles. The number of benzene rings is 2. The zero-order valence-corrected chi connectivity index (χ0v) is 12.1. The van der Waals surface area contributed by atoms with Gasteiger partial charge in [-0.15, -0.1) is 0 Å². The van der Waals surface area contributed by atoms with Crippen molar-refractivity contribution in [1.29, 1.82) is 0 Å². The van der Waals surface area contributed by atoms with Crippen LogP contribution in [0.3, 0.4) is 0 Å². The molecule has 0 radical (unpaired) electrons. The molecule has 3 aromatic rings. The third-order valence-electron chi connectivity index (χ3n) is 3.54. The summed E-state index contributed by atoms with van der Waals surface area (Å²) in [5, 5.41) is 2.48. The quantitative estimate of drug-likeness (QED) is 0.790. The van der Waals surface area contributed by atoms with Gasteiger partial charge in [0.05, 0.1) is 5.52 Å². The molecule has 6 heteroatoms. The van der Waals surface area contributed by atoms with E-state index < -0.39 is 28.7 Å². The first-order valence-electron chi connectivity index (χ1n) is 6.83. The number of carbonyl (C=O) groups is 1. The van der Waals surface area contributed by atoms with Gasteiger partial charge in [0.15, 0.2) is 0 Å². The third-order valence-corrected chi connectivity index (χ3v) is 3.54. The summed E-state index contributed by atoms with van der Waals surface area (Å²) < 4.78 is 28.9. The minimum Gasteiger partial charge on any atom is -0.350 e. The number of carbonyl (C=O) groups excluding carboxylic acids is 1. The van der Waals surface area contributed by atoms with Crippen molar-refractivity contribution in [3.8, 4) is 0 Å². The van der Waals surface area contributed by atoms with Gasteiger partial charge in [-0.3, -0.25) is 9.59 Å². The van der Waals surface area contributed by atoms with Crippen molar-refractivity contribution < 1.29 is 13.6 Å². The Bertz CT molecular complexity index is 960. The molecule has 0 saturated carbocycles. The average Bonchev–Trinajstić information content (AvgIpc) is 2.54. The molecule has 1 aromatic heterocycles. The molecule has 0 aliphatic heterocycles. The SMILES string of the molecule is Cn1cc(C(=O)Nc2c(F)cccc2F)c(=O)c2ccccc21. The summed E-state index contributed by atoms with van der Waals surface area (Å²) in [4.78, 5) is 24.7. The maximum atomic E-state index is 13.6. The van der Waals surface area contributed by atoms with Crippen molar-refractivity contribution in [3.05, 3.63) is 76.1 Å². The molecule has 0 atom stereocenters. The number of nitrogens with zero attached hydrogens (tertiary/aromatic N) is 1. The first kappa shape index (κ1) is 14.9. The van der Waals surface area contributed by atoms with Crippen molar-refractivity contribution in [1.82, 2.24) is 4.57 Å². The van der Waals surface area contributed by atoms with E-state index in [1.54, 1.807) is 35.9 Å². The maximum Gasteiger partial charge on any atom is 0.261 e. The van der Waals surface area contributed by atoms with Crippen LogP contribution in [-0.2, 0) is 7.05 Å². The van der Waals surface area contributed by atoms with Gasteiger partial charge in [0, 0.05) is 18.6 Å². The lowest BCUT2D eigenvalue weighted by Crippen LogP contribution is -2.24. The number of anilines is 1. The van der Waals surface area contributed by atoms with Crippen LogP contribution in [0.1, 0.15) is 10.4 Å². The maximum absolute atomic E-state index is 13.6. The monoisotopic (exact) mass is 314 g/mol. The summed E-state index contributed by atoms with van der Waals surface area (Å²) in [6.07, 6.45) is 1.35. The molecule has 1 heterocycles. The van der Waals surface area contributed by atoms with Crippen LogP contribution in [0.2, 0.25) is 0 Å². The van der Waals surface area contributed by atoms with Gasteiger partial charge in [-0.25, -0.2) is 8.78 Å². The van der Waals surface area contributed by atoms with Crippen LogP contribution in [-0.4, -0.2) is 10.5 Å². The molecule has 0 aliphatic carbocycles. The molecule has 1 N–H and O–H groups in total. The Morgan fingerprint density at radius 1 is 1.04 bits per heavy atom. The van der Waals surface area contributed by atoms with E-state index in [1.807, 2.05) is 0 Å². The Hall–Kier alpha value is -3.02. The molecule has 0 aliphatic rings. The number of pyridine rings is 1. The van der Waals surface area contributed by atoms with E-state index in [9.17, 15) is 18.4 Å². The number of fused-ring (bicyclic) bond motifs is 1. The van der Waals surface area contributed by atoms with Crippen LogP contribution >= 0.6 is 0 Å². The molecular formula is C17H12F2N2O2. The predicted octanol–water partition coefficient (Wildman–Crippen LogP) is 3.07. The largest absolute Gasteiger partial charge is 0.350 e. The van der Waals surface area contributed by atoms with E-state index in [1.165, 1.54) is 12.3 Å². The molecule has 0 saturated heterocycles. The Kier molecular flexibility index (Phi) is 3.65. The molecule has 116 valence electrons. The number of nitrogens with one attached hydrogen (secondary N) is 1. The highest BCUT2D eigenvalue weighted by Crippen LogP contribution is 2.19. The number of aromatic nitrogens is 1. The number of hydrogen-bond acceptors (Lipinski definition) is 2. The summed E-state index contributed by atoms with van der Waals surface area (Å²) in [6.45, 7) is 0. The van der Waals surface area contributed by atoms with Gasteiger partial charge in [0.25, 0.3) is 5.91 Å². The second-order valence-corrected chi connectivity index (χ2v) is 5.05. The van der Waals surface area contributed by atoms with Gasteiger partial charge in [-0.1, -0.05) is 18.2 Å². The van der Waals surface area contributed by atoms with Crippen molar-refractivity contribution in [2.45, 2.75) is 0 Å². The fourth-order valence-electron chi connectivity index (χ4n) is 2.40. The Labute approximate surface area is 130 Å². The van der Waals surface area contributed by atoms with Crippen LogP contribution in [0.25, 0.3) is 10.9 Å². The highest BCUT2D eigenvalue weighted by molar-refractivity contribution is 6.05. The van der Waals surface area contributed by atoms with E-state index in [4.69, 9.17) is 0 Å². The van der Waals surface area contributed by atoms with Crippen LogP contribution in [0, 0.1) is 11.6 Å². The number of para-hydroxylation sites is 2. The van der Waals surface area contributed by atoms with E-state index in [0.717, 1.165) is 12.1 Å². The van der Waals surface area contributed by atoms with Gasteiger partial charge in [-0.05, 0) is 24.3 Å². The smallest absolute Gasteiger partial charge is 0.261 e. The van der Waals surface area contributed by atoms with Crippen LogP contribution in [0.4, 0.5) is 14.5 Å². The molecule has 0 unspecified atom stereocenters. The lowest BCUT2D eigenvalue weighted by molar-refractivity contribution is 0.102. The zero-order chi connectivity index (χ0) is 16.6. The van der Waals surface area contributed by atoms with E-state index in [2.05, 4.69) is 5.32 Å². The van der Waals surface area contributed by atoms with Crippen LogP contribution in [0.15, 0.2) is 53.5 Å². The van der Waals surface area contributed by atoms with E-state index in [-0.39, 0.29) is 5.56 Å². The molecular weight excluding hydrogens is 302 g/mol. The fourth-order valence-corrected chi connectivity index (χ4v) is 2.40. The number of hydrogen-bond donors (Lipinski definition) is 1. The number of rotatable bonds is 2. The molecule has 0 bridgehead atoms. The molecule has 0 fully saturated rings. The van der Waals surface area contributed by atoms with Crippen molar-refractivity contribution in [2.75, 3.05) is 5.32 Å². The van der Waals surface area contributed by atoms with Gasteiger partial charge < -0.3 is 9.88 Å². The molecule has 0 spiro atoms. The number of amides is 1. The molecule has 1 amide bonds. The van der Waals surface area contributed by atoms with Gasteiger partial charge in [0.1, 0.15) is 22.9 Å². The number of aryl methyl sites for hydroxylation is 1. The average molecular weight is 314 g/mol. The molecule has 3 rings (SSSR count). The zero-order valence-electron chi connectivity index (χ0n) is 12.1. The first-order valence-corrected chi connectivity index (χ1v) is 6.83. The van der Waals surface area contributed by atoms with Crippen LogP contribution < -0.4 is 10.7 Å². The van der Waals surface area contributed by atoms with Crippen molar-refractivity contribution in [2.24, 2.45) is 7.05 Å². The summed E-state index contributed by atoms with van der Waals surface area (Å²) in [5.74, 6) is -2.67. The lowest BCUT2D eigenvalue weighted by Gasteiger charge is -2.10. The minimum atomic E-state index is -0.907. The van der Waals surface area contributed by atoms with E-state index >= 15 is 0 Å². The number of halogens is 2. The molecule has 4 nitrogen and oxygen atoms in total. The standard InChI is InChI=1S/C17H12F2N2O2/c1-21-9-11(16(22)10-5-2-3-8-14(10)21)17(23)20-15-12(18)6-4-7-13(15)19/h2-9H,1H3,(H,20,23). The van der Waals surface area contributed by atoms with Gasteiger partial charge >= 0.3 is 0 Å². The van der Waals surface area contributed by atoms with Crippen molar-refractivity contribution in [3.63, 3.8) is 0 Å². The third kappa shape index (κ3) is 2.59. The fraction of sp³-hybridized carbons (Fsp3) is 0.0588. The minimum absolute atomic E-state index is 0.186.